The van der Waals surface area contributed by atoms with Crippen molar-refractivity contribution in [3.63, 3.8) is 0 Å². The van der Waals surface area contributed by atoms with Crippen LogP contribution < -0.4 is 9.47 Å². The summed E-state index contributed by atoms with van der Waals surface area (Å²) in [4.78, 5) is 4.51. The average Bonchev–Trinajstić information content (AvgIpc) is 3.20. The van der Waals surface area contributed by atoms with Crippen molar-refractivity contribution in [3.05, 3.63) is 89.7 Å². The van der Waals surface area contributed by atoms with Crippen LogP contribution in [-0.4, -0.2) is 22.3 Å². The van der Waals surface area contributed by atoms with Gasteiger partial charge in [0.25, 0.3) is 0 Å². The molecule has 0 aliphatic carbocycles. The summed E-state index contributed by atoms with van der Waals surface area (Å²) in [7, 11) is 0. The van der Waals surface area contributed by atoms with Crippen molar-refractivity contribution in [3.8, 4) is 11.5 Å². The summed E-state index contributed by atoms with van der Waals surface area (Å²) >= 11 is 0. The summed E-state index contributed by atoms with van der Waals surface area (Å²) in [5.74, 6) is 1.78. The first-order chi connectivity index (χ1) is 13.8. The highest BCUT2D eigenvalue weighted by Crippen LogP contribution is 2.47. The van der Waals surface area contributed by atoms with Crippen LogP contribution in [0.3, 0.4) is 0 Å². The van der Waals surface area contributed by atoms with Crippen LogP contribution in [-0.2, 0) is 0 Å². The van der Waals surface area contributed by atoms with E-state index in [1.165, 1.54) is 5.56 Å². The normalized spacial score (nSPS) is 20.0. The van der Waals surface area contributed by atoms with Crippen molar-refractivity contribution in [1.82, 2.24) is 9.99 Å². The van der Waals surface area contributed by atoms with Gasteiger partial charge in [0.1, 0.15) is 17.2 Å². The molecule has 1 aromatic heterocycles. The molecule has 5 heteroatoms. The van der Waals surface area contributed by atoms with E-state index in [9.17, 15) is 0 Å². The van der Waals surface area contributed by atoms with E-state index >= 15 is 0 Å². The highest BCUT2D eigenvalue weighted by Gasteiger charge is 2.41. The number of benzene rings is 2. The summed E-state index contributed by atoms with van der Waals surface area (Å²) in [5.41, 5.74) is 4.18. The number of para-hydroxylation sites is 1. The molecule has 0 radical (unpaired) electrons. The van der Waals surface area contributed by atoms with Gasteiger partial charge >= 0.3 is 0 Å². The molecule has 2 aromatic carbocycles. The van der Waals surface area contributed by atoms with Gasteiger partial charge in [-0.1, -0.05) is 24.3 Å². The van der Waals surface area contributed by atoms with Crippen LogP contribution in [0.1, 0.15) is 42.4 Å². The lowest BCUT2D eigenvalue weighted by Crippen LogP contribution is -2.34. The zero-order chi connectivity index (χ0) is 18.9. The molecule has 0 N–H and O–H groups in total. The molecule has 3 aromatic rings. The van der Waals surface area contributed by atoms with Crippen LogP contribution in [0.25, 0.3) is 0 Å². The van der Waals surface area contributed by atoms with Crippen molar-refractivity contribution in [2.45, 2.75) is 25.6 Å². The lowest BCUT2D eigenvalue weighted by atomic mass is 9.96. The summed E-state index contributed by atoms with van der Waals surface area (Å²) in [6.07, 6.45) is 2.29. The largest absolute Gasteiger partial charge is 0.494 e. The SMILES string of the molecule is CCOc1ccc(C2=NN3[C@H](C2)c2ccccc2O[C@@H]3c2ccccn2)cc1. The summed E-state index contributed by atoms with van der Waals surface area (Å²) in [6.45, 7) is 2.65. The van der Waals surface area contributed by atoms with Gasteiger partial charge in [0, 0.05) is 18.2 Å². The van der Waals surface area contributed by atoms with E-state index in [-0.39, 0.29) is 12.3 Å². The van der Waals surface area contributed by atoms with E-state index in [1.807, 2.05) is 49.4 Å². The maximum Gasteiger partial charge on any atom is 0.230 e. The number of rotatable bonds is 4. The van der Waals surface area contributed by atoms with Crippen LogP contribution in [0.5, 0.6) is 11.5 Å². The molecule has 0 bridgehead atoms. The van der Waals surface area contributed by atoms with Crippen molar-refractivity contribution in [2.75, 3.05) is 6.61 Å². The number of fused-ring (bicyclic) bond motifs is 3. The Kier molecular flexibility index (Phi) is 4.20. The van der Waals surface area contributed by atoms with E-state index in [0.717, 1.165) is 34.9 Å². The Labute approximate surface area is 164 Å². The van der Waals surface area contributed by atoms with Crippen molar-refractivity contribution in [1.29, 1.82) is 0 Å². The number of nitrogens with zero attached hydrogens (tertiary/aromatic N) is 3. The molecule has 2 atom stereocenters. The molecular weight excluding hydrogens is 350 g/mol. The summed E-state index contributed by atoms with van der Waals surface area (Å²) in [5, 5.41) is 7.01. The van der Waals surface area contributed by atoms with Gasteiger partial charge in [0.2, 0.25) is 6.23 Å². The fraction of sp³-hybridized carbons (Fsp3) is 0.217. The first-order valence-corrected chi connectivity index (χ1v) is 9.59. The molecule has 2 aliphatic heterocycles. The number of aromatic nitrogens is 1. The van der Waals surface area contributed by atoms with Gasteiger partial charge in [-0.15, -0.1) is 0 Å². The predicted molar refractivity (Wildman–Crippen MR) is 107 cm³/mol. The van der Waals surface area contributed by atoms with E-state index in [4.69, 9.17) is 14.6 Å². The zero-order valence-corrected chi connectivity index (χ0v) is 15.7. The quantitative estimate of drug-likeness (QED) is 0.666. The third-order valence-electron chi connectivity index (χ3n) is 5.14. The maximum absolute atomic E-state index is 6.30. The minimum Gasteiger partial charge on any atom is -0.494 e. The first kappa shape index (κ1) is 16.8. The lowest BCUT2D eigenvalue weighted by molar-refractivity contribution is -0.0218. The molecule has 0 unspecified atom stereocenters. The third kappa shape index (κ3) is 2.89. The molecule has 0 amide bonds. The Morgan fingerprint density at radius 2 is 1.86 bits per heavy atom. The standard InChI is InChI=1S/C23H21N3O2/c1-2-27-17-12-10-16(11-13-17)20-15-21-18-7-3-4-9-22(18)28-23(26(21)25-20)19-8-5-6-14-24-19/h3-14,21,23H,2,15H2,1H3/t21-,23-/m1/s1. The van der Waals surface area contributed by atoms with Gasteiger partial charge < -0.3 is 9.47 Å². The zero-order valence-electron chi connectivity index (χ0n) is 15.7. The highest BCUT2D eigenvalue weighted by molar-refractivity contribution is 6.02. The third-order valence-corrected chi connectivity index (χ3v) is 5.14. The fourth-order valence-corrected chi connectivity index (χ4v) is 3.84. The molecule has 0 fully saturated rings. The monoisotopic (exact) mass is 371 g/mol. The van der Waals surface area contributed by atoms with Gasteiger partial charge in [-0.2, -0.15) is 5.10 Å². The second kappa shape index (κ2) is 7.00. The van der Waals surface area contributed by atoms with Gasteiger partial charge in [0.05, 0.1) is 18.4 Å². The number of hydrazone groups is 1. The van der Waals surface area contributed by atoms with Crippen LogP contribution in [0, 0.1) is 0 Å². The van der Waals surface area contributed by atoms with E-state index in [0.29, 0.717) is 6.61 Å². The number of hydrogen-bond acceptors (Lipinski definition) is 5. The van der Waals surface area contributed by atoms with E-state index in [1.54, 1.807) is 6.20 Å². The Morgan fingerprint density at radius 1 is 1.04 bits per heavy atom. The topological polar surface area (TPSA) is 47.0 Å². The lowest BCUT2D eigenvalue weighted by Gasteiger charge is -2.37. The second-order valence-corrected chi connectivity index (χ2v) is 6.87. The van der Waals surface area contributed by atoms with Crippen LogP contribution in [0.15, 0.2) is 78.0 Å². The Balaban J connectivity index is 1.53. The van der Waals surface area contributed by atoms with Crippen molar-refractivity contribution >= 4 is 5.71 Å². The number of ether oxygens (including phenoxy) is 2. The van der Waals surface area contributed by atoms with Crippen molar-refractivity contribution in [2.24, 2.45) is 5.10 Å². The Hall–Kier alpha value is -3.34. The smallest absolute Gasteiger partial charge is 0.230 e. The predicted octanol–water partition coefficient (Wildman–Crippen LogP) is 4.72. The second-order valence-electron chi connectivity index (χ2n) is 6.87. The van der Waals surface area contributed by atoms with Crippen LogP contribution in [0.2, 0.25) is 0 Å². The van der Waals surface area contributed by atoms with Crippen LogP contribution in [0.4, 0.5) is 0 Å². The maximum atomic E-state index is 6.30. The van der Waals surface area contributed by atoms with E-state index < -0.39 is 0 Å². The Bertz CT molecular complexity index is 1000. The first-order valence-electron chi connectivity index (χ1n) is 9.59. The van der Waals surface area contributed by atoms with Crippen molar-refractivity contribution < 1.29 is 9.47 Å². The fourth-order valence-electron chi connectivity index (χ4n) is 3.84. The molecule has 0 saturated heterocycles. The summed E-state index contributed by atoms with van der Waals surface area (Å²) in [6, 6.07) is 22.4. The average molecular weight is 371 g/mol. The highest BCUT2D eigenvalue weighted by atomic mass is 16.5. The van der Waals surface area contributed by atoms with E-state index in [2.05, 4.69) is 34.3 Å². The van der Waals surface area contributed by atoms with Crippen LogP contribution >= 0.6 is 0 Å². The molecule has 5 nitrogen and oxygen atoms in total. The molecule has 5 rings (SSSR count). The molecule has 28 heavy (non-hydrogen) atoms. The number of hydrogen-bond donors (Lipinski definition) is 0. The number of pyridine rings is 1. The molecule has 140 valence electrons. The molecule has 0 saturated carbocycles. The van der Waals surface area contributed by atoms with Gasteiger partial charge in [-0.05, 0) is 55.0 Å². The van der Waals surface area contributed by atoms with Gasteiger partial charge in [0.15, 0.2) is 0 Å². The molecule has 2 aliphatic rings. The minimum atomic E-state index is -0.332. The molecule has 3 heterocycles. The Morgan fingerprint density at radius 3 is 2.64 bits per heavy atom. The summed E-state index contributed by atoms with van der Waals surface area (Å²) < 4.78 is 11.9. The molecular formula is C23H21N3O2. The molecule has 0 spiro atoms. The minimum absolute atomic E-state index is 0.138. The van der Waals surface area contributed by atoms with Gasteiger partial charge in [-0.3, -0.25) is 4.98 Å². The van der Waals surface area contributed by atoms with Gasteiger partial charge in [-0.25, -0.2) is 5.01 Å².